The summed E-state index contributed by atoms with van der Waals surface area (Å²) in [6, 6.07) is 12.1. The number of methoxy groups -OCH3 is 2. The van der Waals surface area contributed by atoms with Crippen molar-refractivity contribution in [2.24, 2.45) is 0 Å². The van der Waals surface area contributed by atoms with Crippen LogP contribution >= 0.6 is 0 Å². The van der Waals surface area contributed by atoms with Crippen LogP contribution in [0, 0.1) is 6.92 Å². The quantitative estimate of drug-likeness (QED) is 0.310. The molecule has 8 heteroatoms. The third-order valence-corrected chi connectivity index (χ3v) is 5.01. The summed E-state index contributed by atoms with van der Waals surface area (Å²) in [6.45, 7) is 1.74. The van der Waals surface area contributed by atoms with Gasteiger partial charge in [-0.05, 0) is 36.4 Å². The van der Waals surface area contributed by atoms with Crippen molar-refractivity contribution in [3.63, 3.8) is 0 Å². The summed E-state index contributed by atoms with van der Waals surface area (Å²) in [5.74, 6) is 1.69. The van der Waals surface area contributed by atoms with Crippen molar-refractivity contribution in [1.29, 1.82) is 0 Å². The number of Topliss-reactive ketones (excluding diaryl/α,β-unsaturated/α-hetero) is 1. The second-order valence-corrected chi connectivity index (χ2v) is 7.06. The number of nitrogens with zero attached hydrogens (tertiary/aromatic N) is 1. The fraction of sp³-hybridized carbons (Fsp3) is 0.208. The number of ketones is 1. The van der Waals surface area contributed by atoms with Crippen molar-refractivity contribution in [2.45, 2.75) is 19.8 Å². The van der Waals surface area contributed by atoms with Crippen molar-refractivity contribution in [1.82, 2.24) is 5.16 Å². The van der Waals surface area contributed by atoms with Crippen LogP contribution in [0.5, 0.6) is 23.1 Å². The van der Waals surface area contributed by atoms with Crippen LogP contribution in [0.3, 0.4) is 0 Å². The molecule has 0 fully saturated rings. The molecule has 4 rings (SSSR count). The zero-order valence-electron chi connectivity index (χ0n) is 17.8. The molecule has 2 aromatic carbocycles. The Balaban J connectivity index is 1.48. The number of esters is 1. The van der Waals surface area contributed by atoms with Crippen molar-refractivity contribution in [3.05, 3.63) is 70.7 Å². The average Bonchev–Trinajstić information content (AvgIpc) is 3.40. The van der Waals surface area contributed by atoms with E-state index in [4.69, 9.17) is 23.5 Å². The maximum Gasteiger partial charge on any atom is 0.311 e. The van der Waals surface area contributed by atoms with Crippen LogP contribution in [0.25, 0.3) is 6.08 Å². The normalized spacial score (nSPS) is 13.6. The van der Waals surface area contributed by atoms with Crippen molar-refractivity contribution in [3.8, 4) is 23.1 Å². The van der Waals surface area contributed by atoms with Gasteiger partial charge in [-0.15, -0.1) is 0 Å². The highest BCUT2D eigenvalue weighted by Crippen LogP contribution is 2.39. The predicted molar refractivity (Wildman–Crippen MR) is 114 cm³/mol. The molecule has 0 saturated carbocycles. The van der Waals surface area contributed by atoms with E-state index in [1.807, 2.05) is 18.2 Å². The molecule has 164 valence electrons. The number of hydrogen-bond acceptors (Lipinski definition) is 8. The predicted octanol–water partition coefficient (Wildman–Crippen LogP) is 4.15. The molecule has 0 atom stereocenters. The van der Waals surface area contributed by atoms with E-state index in [0.29, 0.717) is 46.4 Å². The van der Waals surface area contributed by atoms with Gasteiger partial charge in [0.25, 0.3) is 5.88 Å². The lowest BCUT2D eigenvalue weighted by atomic mass is 10.1. The summed E-state index contributed by atoms with van der Waals surface area (Å²) < 4.78 is 26.7. The molecule has 3 aromatic rings. The van der Waals surface area contributed by atoms with Gasteiger partial charge in [-0.3, -0.25) is 9.59 Å². The Morgan fingerprint density at radius 3 is 2.66 bits per heavy atom. The van der Waals surface area contributed by atoms with Crippen molar-refractivity contribution in [2.75, 3.05) is 14.2 Å². The standard InChI is InChI=1S/C24H21NO7/c1-14-18(30-22(26)11-8-16-13-21(29-3)25-32-16)10-9-17-23(27)20(31-24(14)17)12-15-6-4-5-7-19(15)28-2/h4-7,9-10,12-13H,8,11H2,1-3H3/b20-12-. The molecular weight excluding hydrogens is 414 g/mol. The van der Waals surface area contributed by atoms with Gasteiger partial charge < -0.3 is 23.5 Å². The zero-order chi connectivity index (χ0) is 22.7. The Hall–Kier alpha value is -4.07. The SMILES string of the molecule is COc1cc(CCC(=O)Oc2ccc3c(c2C)O/C(=C\c2ccccc2OC)C3=O)on1. The molecule has 8 nitrogen and oxygen atoms in total. The van der Waals surface area contributed by atoms with Gasteiger partial charge in [-0.25, -0.2) is 0 Å². The first-order chi connectivity index (χ1) is 15.5. The van der Waals surface area contributed by atoms with E-state index in [9.17, 15) is 9.59 Å². The molecule has 0 saturated heterocycles. The van der Waals surface area contributed by atoms with Gasteiger partial charge in [0.15, 0.2) is 5.76 Å². The zero-order valence-corrected chi connectivity index (χ0v) is 17.8. The summed E-state index contributed by atoms with van der Waals surface area (Å²) in [5, 5.41) is 3.69. The number of carbonyl (C=O) groups excluding carboxylic acids is 2. The molecule has 0 amide bonds. The minimum Gasteiger partial charge on any atom is -0.496 e. The highest BCUT2D eigenvalue weighted by atomic mass is 16.5. The number of carbonyl (C=O) groups is 2. The van der Waals surface area contributed by atoms with Crippen LogP contribution in [0.15, 0.2) is 52.7 Å². The van der Waals surface area contributed by atoms with Crippen molar-refractivity contribution >= 4 is 17.8 Å². The first kappa shape index (κ1) is 21.2. The number of aryl methyl sites for hydroxylation is 1. The van der Waals surface area contributed by atoms with Crippen LogP contribution < -0.4 is 18.9 Å². The van der Waals surface area contributed by atoms with Gasteiger partial charge in [-0.1, -0.05) is 18.2 Å². The highest BCUT2D eigenvalue weighted by molar-refractivity contribution is 6.15. The number of rotatable bonds is 7. The Morgan fingerprint density at radius 1 is 1.09 bits per heavy atom. The molecule has 0 N–H and O–H groups in total. The van der Waals surface area contributed by atoms with Crippen LogP contribution in [-0.4, -0.2) is 31.1 Å². The first-order valence-corrected chi connectivity index (χ1v) is 9.91. The second-order valence-electron chi connectivity index (χ2n) is 7.06. The Bertz CT molecular complexity index is 1210. The van der Waals surface area contributed by atoms with E-state index >= 15 is 0 Å². The van der Waals surface area contributed by atoms with Crippen LogP contribution in [-0.2, 0) is 11.2 Å². The number of benzene rings is 2. The summed E-state index contributed by atoms with van der Waals surface area (Å²) >= 11 is 0. The van der Waals surface area contributed by atoms with Crippen molar-refractivity contribution < 1.29 is 33.1 Å². The molecule has 0 unspecified atom stereocenters. The lowest BCUT2D eigenvalue weighted by Crippen LogP contribution is -2.10. The summed E-state index contributed by atoms with van der Waals surface area (Å²) in [7, 11) is 3.05. The number of allylic oxidation sites excluding steroid dienone is 1. The van der Waals surface area contributed by atoms with E-state index in [-0.39, 0.29) is 18.0 Å². The third kappa shape index (κ3) is 4.20. The van der Waals surface area contributed by atoms with Gasteiger partial charge in [0.2, 0.25) is 5.78 Å². The summed E-state index contributed by atoms with van der Waals surface area (Å²) in [5.41, 5.74) is 1.70. The Morgan fingerprint density at radius 2 is 1.91 bits per heavy atom. The molecule has 1 aliphatic heterocycles. The van der Waals surface area contributed by atoms with E-state index in [1.54, 1.807) is 44.4 Å². The van der Waals surface area contributed by atoms with Gasteiger partial charge in [0.05, 0.1) is 26.2 Å². The lowest BCUT2D eigenvalue weighted by molar-refractivity contribution is -0.134. The lowest BCUT2D eigenvalue weighted by Gasteiger charge is -2.10. The van der Waals surface area contributed by atoms with Gasteiger partial charge in [0.1, 0.15) is 23.0 Å². The molecule has 0 bridgehead atoms. The number of hydrogen-bond donors (Lipinski definition) is 0. The number of aromatic nitrogens is 1. The summed E-state index contributed by atoms with van der Waals surface area (Å²) in [6.07, 6.45) is 2.05. The third-order valence-electron chi connectivity index (χ3n) is 5.01. The summed E-state index contributed by atoms with van der Waals surface area (Å²) in [4.78, 5) is 25.1. The molecular formula is C24H21NO7. The van der Waals surface area contributed by atoms with E-state index in [1.165, 1.54) is 7.11 Å². The number of ether oxygens (including phenoxy) is 4. The van der Waals surface area contributed by atoms with Crippen LogP contribution in [0.1, 0.15) is 33.7 Å². The van der Waals surface area contributed by atoms with E-state index < -0.39 is 5.97 Å². The Labute approximate surface area is 184 Å². The largest absolute Gasteiger partial charge is 0.496 e. The van der Waals surface area contributed by atoms with Crippen LogP contribution in [0.4, 0.5) is 0 Å². The van der Waals surface area contributed by atoms with Gasteiger partial charge >= 0.3 is 5.97 Å². The maximum absolute atomic E-state index is 12.8. The first-order valence-electron chi connectivity index (χ1n) is 9.91. The molecule has 1 aliphatic rings. The molecule has 0 aliphatic carbocycles. The molecule has 32 heavy (non-hydrogen) atoms. The van der Waals surface area contributed by atoms with Gasteiger partial charge in [0, 0.05) is 23.6 Å². The van der Waals surface area contributed by atoms with E-state index in [2.05, 4.69) is 5.16 Å². The smallest absolute Gasteiger partial charge is 0.311 e. The molecule has 2 heterocycles. The fourth-order valence-corrected chi connectivity index (χ4v) is 3.31. The number of para-hydroxylation sites is 1. The average molecular weight is 435 g/mol. The molecule has 0 spiro atoms. The van der Waals surface area contributed by atoms with Gasteiger partial charge in [-0.2, -0.15) is 0 Å². The minimum atomic E-state index is -0.447. The fourth-order valence-electron chi connectivity index (χ4n) is 3.31. The van der Waals surface area contributed by atoms with E-state index in [0.717, 1.165) is 5.56 Å². The number of fused-ring (bicyclic) bond motifs is 1. The Kier molecular flexibility index (Phi) is 5.93. The molecule has 0 radical (unpaired) electrons. The maximum atomic E-state index is 12.8. The monoisotopic (exact) mass is 435 g/mol. The second kappa shape index (κ2) is 8.97. The highest BCUT2D eigenvalue weighted by Gasteiger charge is 2.30. The molecule has 1 aromatic heterocycles. The topological polar surface area (TPSA) is 97.1 Å². The van der Waals surface area contributed by atoms with Crippen LogP contribution in [0.2, 0.25) is 0 Å². The minimum absolute atomic E-state index is 0.0909.